The molecule has 1 unspecified atom stereocenters. The Morgan fingerprint density at radius 3 is 2.88 bits per heavy atom. The van der Waals surface area contributed by atoms with Crippen LogP contribution < -0.4 is 0 Å². The van der Waals surface area contributed by atoms with E-state index < -0.39 is 6.10 Å². The lowest BCUT2D eigenvalue weighted by atomic mass is 10.1. The van der Waals surface area contributed by atoms with E-state index in [4.69, 9.17) is 4.74 Å². The topological polar surface area (TPSA) is 34.4 Å². The van der Waals surface area contributed by atoms with Gasteiger partial charge in [-0.05, 0) is 11.6 Å². The van der Waals surface area contributed by atoms with Gasteiger partial charge in [0.25, 0.3) is 0 Å². The zero-order chi connectivity index (χ0) is 11.5. The molecule has 1 aromatic heterocycles. The van der Waals surface area contributed by atoms with Gasteiger partial charge in [0.05, 0.1) is 12.7 Å². The van der Waals surface area contributed by atoms with Crippen molar-refractivity contribution in [3.8, 4) is 0 Å². The lowest BCUT2D eigenvalue weighted by Crippen LogP contribution is -2.16. The van der Waals surface area contributed by atoms with Crippen LogP contribution in [0.2, 0.25) is 0 Å². The SMILES string of the molecule is COCC(O)Cc1cn(C)c2ccccc12. The van der Waals surface area contributed by atoms with Gasteiger partial charge in [0.2, 0.25) is 0 Å². The van der Waals surface area contributed by atoms with Crippen molar-refractivity contribution in [1.29, 1.82) is 0 Å². The van der Waals surface area contributed by atoms with Crippen LogP contribution in [-0.4, -0.2) is 29.5 Å². The van der Waals surface area contributed by atoms with Crippen LogP contribution in [0.5, 0.6) is 0 Å². The first-order valence-corrected chi connectivity index (χ1v) is 5.42. The summed E-state index contributed by atoms with van der Waals surface area (Å²) >= 11 is 0. The lowest BCUT2D eigenvalue weighted by Gasteiger charge is -2.07. The second-order valence-electron chi connectivity index (χ2n) is 4.10. The molecule has 1 N–H and O–H groups in total. The van der Waals surface area contributed by atoms with E-state index >= 15 is 0 Å². The van der Waals surface area contributed by atoms with Gasteiger partial charge in [-0.3, -0.25) is 0 Å². The zero-order valence-electron chi connectivity index (χ0n) is 9.68. The van der Waals surface area contributed by atoms with Crippen molar-refractivity contribution in [3.05, 3.63) is 36.0 Å². The maximum Gasteiger partial charge on any atom is 0.0814 e. The van der Waals surface area contributed by atoms with E-state index in [0.717, 1.165) is 0 Å². The highest BCUT2D eigenvalue weighted by atomic mass is 16.5. The molecule has 0 fully saturated rings. The number of rotatable bonds is 4. The van der Waals surface area contributed by atoms with Crippen molar-refractivity contribution >= 4 is 10.9 Å². The molecule has 2 aromatic rings. The third-order valence-electron chi connectivity index (χ3n) is 2.79. The molecule has 0 aliphatic rings. The minimum atomic E-state index is -0.434. The van der Waals surface area contributed by atoms with E-state index in [-0.39, 0.29) is 0 Å². The minimum Gasteiger partial charge on any atom is -0.390 e. The fourth-order valence-corrected chi connectivity index (χ4v) is 2.09. The molecule has 1 atom stereocenters. The van der Waals surface area contributed by atoms with Crippen molar-refractivity contribution in [2.45, 2.75) is 12.5 Å². The standard InChI is InChI=1S/C13H17NO2/c1-14-8-10(7-11(15)9-16-2)12-5-3-4-6-13(12)14/h3-6,8,11,15H,7,9H2,1-2H3. The van der Waals surface area contributed by atoms with Gasteiger partial charge in [0, 0.05) is 37.7 Å². The number of methoxy groups -OCH3 is 1. The Balaban J connectivity index is 2.31. The normalized spacial score (nSPS) is 13.2. The summed E-state index contributed by atoms with van der Waals surface area (Å²) in [6.45, 7) is 0.378. The number of hydrogen-bond donors (Lipinski definition) is 1. The fourth-order valence-electron chi connectivity index (χ4n) is 2.09. The number of aromatic nitrogens is 1. The van der Waals surface area contributed by atoms with Crippen molar-refractivity contribution in [1.82, 2.24) is 4.57 Å². The zero-order valence-corrected chi connectivity index (χ0v) is 9.68. The molecular weight excluding hydrogens is 202 g/mol. The summed E-state index contributed by atoms with van der Waals surface area (Å²) in [6.07, 6.45) is 2.27. The summed E-state index contributed by atoms with van der Waals surface area (Å²) in [7, 11) is 3.63. The number of nitrogens with zero attached hydrogens (tertiary/aromatic N) is 1. The average molecular weight is 219 g/mol. The first-order chi connectivity index (χ1) is 7.72. The smallest absolute Gasteiger partial charge is 0.0814 e. The fraction of sp³-hybridized carbons (Fsp3) is 0.385. The highest BCUT2D eigenvalue weighted by molar-refractivity contribution is 5.83. The average Bonchev–Trinajstić information content (AvgIpc) is 2.57. The van der Waals surface area contributed by atoms with Crippen LogP contribution >= 0.6 is 0 Å². The molecular formula is C13H17NO2. The number of fused-ring (bicyclic) bond motifs is 1. The van der Waals surface area contributed by atoms with Crippen molar-refractivity contribution in [3.63, 3.8) is 0 Å². The first-order valence-electron chi connectivity index (χ1n) is 5.42. The van der Waals surface area contributed by atoms with Crippen LogP contribution in [0.25, 0.3) is 10.9 Å². The molecule has 0 saturated carbocycles. The second kappa shape index (κ2) is 4.68. The Kier molecular flexibility index (Phi) is 3.27. The van der Waals surface area contributed by atoms with Gasteiger partial charge in [0.15, 0.2) is 0 Å². The van der Waals surface area contributed by atoms with Gasteiger partial charge in [-0.15, -0.1) is 0 Å². The van der Waals surface area contributed by atoms with Gasteiger partial charge in [0.1, 0.15) is 0 Å². The summed E-state index contributed by atoms with van der Waals surface area (Å²) in [5.41, 5.74) is 2.37. The molecule has 86 valence electrons. The predicted molar refractivity (Wildman–Crippen MR) is 64.5 cm³/mol. The largest absolute Gasteiger partial charge is 0.390 e. The number of ether oxygens (including phenoxy) is 1. The Labute approximate surface area is 95.3 Å². The molecule has 0 saturated heterocycles. The molecule has 0 aliphatic heterocycles. The molecule has 3 nitrogen and oxygen atoms in total. The molecule has 0 aliphatic carbocycles. The van der Waals surface area contributed by atoms with Crippen molar-refractivity contribution < 1.29 is 9.84 Å². The van der Waals surface area contributed by atoms with Crippen LogP contribution in [0.1, 0.15) is 5.56 Å². The van der Waals surface area contributed by atoms with Crippen molar-refractivity contribution in [2.24, 2.45) is 7.05 Å². The number of para-hydroxylation sites is 1. The molecule has 0 amide bonds. The highest BCUT2D eigenvalue weighted by Crippen LogP contribution is 2.21. The third-order valence-corrected chi connectivity index (χ3v) is 2.79. The summed E-state index contributed by atoms with van der Waals surface area (Å²) in [5, 5.41) is 10.9. The number of hydrogen-bond acceptors (Lipinski definition) is 2. The van der Waals surface area contributed by atoms with Crippen molar-refractivity contribution in [2.75, 3.05) is 13.7 Å². The Hall–Kier alpha value is -1.32. The van der Waals surface area contributed by atoms with E-state index in [2.05, 4.69) is 22.9 Å². The summed E-state index contributed by atoms with van der Waals surface area (Å²) < 4.78 is 7.03. The Bertz CT molecular complexity index is 476. The molecule has 3 heteroatoms. The van der Waals surface area contributed by atoms with E-state index in [0.29, 0.717) is 13.0 Å². The van der Waals surface area contributed by atoms with Gasteiger partial charge in [-0.2, -0.15) is 0 Å². The summed E-state index contributed by atoms with van der Waals surface area (Å²) in [4.78, 5) is 0. The Morgan fingerprint density at radius 2 is 2.12 bits per heavy atom. The first kappa shape index (κ1) is 11.2. The van der Waals surface area contributed by atoms with Gasteiger partial charge < -0.3 is 14.4 Å². The number of aryl methyl sites for hydroxylation is 1. The summed E-state index contributed by atoms with van der Waals surface area (Å²) in [5.74, 6) is 0. The van der Waals surface area contributed by atoms with E-state index in [1.54, 1.807) is 7.11 Å². The molecule has 0 radical (unpaired) electrons. The van der Waals surface area contributed by atoms with Crippen LogP contribution in [0.4, 0.5) is 0 Å². The quantitative estimate of drug-likeness (QED) is 0.849. The van der Waals surface area contributed by atoms with E-state index in [1.807, 2.05) is 19.2 Å². The monoisotopic (exact) mass is 219 g/mol. The third kappa shape index (κ3) is 2.10. The predicted octanol–water partition coefficient (Wildman–Crippen LogP) is 1.73. The summed E-state index contributed by atoms with van der Waals surface area (Å²) in [6, 6.07) is 8.22. The van der Waals surface area contributed by atoms with Crippen LogP contribution in [0, 0.1) is 0 Å². The molecule has 2 rings (SSSR count). The number of benzene rings is 1. The number of aliphatic hydroxyl groups is 1. The lowest BCUT2D eigenvalue weighted by molar-refractivity contribution is 0.0652. The second-order valence-corrected chi connectivity index (χ2v) is 4.10. The molecule has 16 heavy (non-hydrogen) atoms. The van der Waals surface area contributed by atoms with E-state index in [1.165, 1.54) is 16.5 Å². The minimum absolute atomic E-state index is 0.378. The highest BCUT2D eigenvalue weighted by Gasteiger charge is 2.10. The van der Waals surface area contributed by atoms with Crippen LogP contribution in [0.3, 0.4) is 0 Å². The molecule has 1 heterocycles. The maximum absolute atomic E-state index is 9.74. The maximum atomic E-state index is 9.74. The molecule has 0 spiro atoms. The molecule has 1 aromatic carbocycles. The van der Waals surface area contributed by atoms with Gasteiger partial charge in [-0.25, -0.2) is 0 Å². The van der Waals surface area contributed by atoms with Crippen LogP contribution in [-0.2, 0) is 18.2 Å². The molecule has 0 bridgehead atoms. The van der Waals surface area contributed by atoms with Crippen LogP contribution in [0.15, 0.2) is 30.5 Å². The van der Waals surface area contributed by atoms with Gasteiger partial charge >= 0.3 is 0 Å². The Morgan fingerprint density at radius 1 is 1.38 bits per heavy atom. The van der Waals surface area contributed by atoms with E-state index in [9.17, 15) is 5.11 Å². The van der Waals surface area contributed by atoms with Gasteiger partial charge in [-0.1, -0.05) is 18.2 Å². The number of aliphatic hydroxyl groups excluding tert-OH is 1.